The summed E-state index contributed by atoms with van der Waals surface area (Å²) < 4.78 is 5.37. The SMILES string of the molecule is C.C.CCC(C)(C)C(=O)OC(C)(C)C(C)(C)O. The molecule has 3 nitrogen and oxygen atoms in total. The minimum absolute atomic E-state index is 0. The van der Waals surface area contributed by atoms with Gasteiger partial charge in [-0.1, -0.05) is 21.8 Å². The van der Waals surface area contributed by atoms with Crippen molar-refractivity contribution in [3.63, 3.8) is 0 Å². The van der Waals surface area contributed by atoms with E-state index in [1.165, 1.54) is 0 Å². The van der Waals surface area contributed by atoms with Gasteiger partial charge in [0.1, 0.15) is 5.60 Å². The maximum atomic E-state index is 11.8. The molecule has 0 aromatic rings. The Morgan fingerprint density at radius 2 is 1.41 bits per heavy atom. The molecule has 0 aliphatic rings. The van der Waals surface area contributed by atoms with E-state index in [2.05, 4.69) is 0 Å². The van der Waals surface area contributed by atoms with Crippen LogP contribution in [0.5, 0.6) is 0 Å². The monoisotopic (exact) mass is 248 g/mol. The van der Waals surface area contributed by atoms with Crippen LogP contribution in [0.4, 0.5) is 0 Å². The number of aliphatic hydroxyl groups is 1. The molecule has 0 atom stereocenters. The first-order valence-electron chi connectivity index (χ1n) is 5.40. The van der Waals surface area contributed by atoms with E-state index >= 15 is 0 Å². The molecule has 0 aliphatic heterocycles. The highest BCUT2D eigenvalue weighted by molar-refractivity contribution is 5.76. The Bertz CT molecular complexity index is 234. The molecular formula is C14H32O3. The van der Waals surface area contributed by atoms with Crippen LogP contribution in [0.15, 0.2) is 0 Å². The van der Waals surface area contributed by atoms with Gasteiger partial charge in [0.15, 0.2) is 0 Å². The van der Waals surface area contributed by atoms with Gasteiger partial charge in [0.2, 0.25) is 0 Å². The molecule has 17 heavy (non-hydrogen) atoms. The molecule has 0 radical (unpaired) electrons. The van der Waals surface area contributed by atoms with Gasteiger partial charge < -0.3 is 9.84 Å². The number of ether oxygens (including phenoxy) is 1. The van der Waals surface area contributed by atoms with Crippen LogP contribution in [-0.4, -0.2) is 22.3 Å². The van der Waals surface area contributed by atoms with E-state index < -0.39 is 16.6 Å². The number of rotatable bonds is 4. The molecule has 0 unspecified atom stereocenters. The molecule has 1 N–H and O–H groups in total. The lowest BCUT2D eigenvalue weighted by Gasteiger charge is -2.38. The third-order valence-electron chi connectivity index (χ3n) is 3.26. The maximum Gasteiger partial charge on any atom is 0.312 e. The van der Waals surface area contributed by atoms with Crippen molar-refractivity contribution in [3.8, 4) is 0 Å². The smallest absolute Gasteiger partial charge is 0.312 e. The maximum absolute atomic E-state index is 11.8. The van der Waals surface area contributed by atoms with Crippen molar-refractivity contribution in [2.24, 2.45) is 5.41 Å². The lowest BCUT2D eigenvalue weighted by Crippen LogP contribution is -2.50. The third-order valence-corrected chi connectivity index (χ3v) is 3.26. The van der Waals surface area contributed by atoms with Crippen molar-refractivity contribution in [2.45, 2.75) is 80.9 Å². The quantitative estimate of drug-likeness (QED) is 0.770. The zero-order valence-corrected chi connectivity index (χ0v) is 11.0. The Balaban J connectivity index is -0.000000980. The van der Waals surface area contributed by atoms with E-state index in [0.29, 0.717) is 6.42 Å². The van der Waals surface area contributed by atoms with Crippen LogP contribution >= 0.6 is 0 Å². The Kier molecular flexibility index (Phi) is 8.15. The van der Waals surface area contributed by atoms with Crippen LogP contribution in [-0.2, 0) is 9.53 Å². The summed E-state index contributed by atoms with van der Waals surface area (Å²) in [7, 11) is 0. The van der Waals surface area contributed by atoms with Crippen LogP contribution in [0.25, 0.3) is 0 Å². The zero-order chi connectivity index (χ0) is 12.5. The number of hydrogen-bond donors (Lipinski definition) is 1. The standard InChI is InChI=1S/C12H24O3.2CH4/c1-8-10(2,3)9(13)15-12(6,7)11(4,5)14;;/h14H,8H2,1-7H3;2*1H4. The fourth-order valence-electron chi connectivity index (χ4n) is 0.639. The normalized spacial score (nSPS) is 12.2. The van der Waals surface area contributed by atoms with E-state index in [9.17, 15) is 9.90 Å². The Morgan fingerprint density at radius 1 is 1.06 bits per heavy atom. The second-order valence-corrected chi connectivity index (χ2v) is 5.70. The predicted octanol–water partition coefficient (Wildman–Crippen LogP) is 3.79. The largest absolute Gasteiger partial charge is 0.456 e. The zero-order valence-electron chi connectivity index (χ0n) is 11.0. The van der Waals surface area contributed by atoms with Crippen molar-refractivity contribution in [3.05, 3.63) is 0 Å². The van der Waals surface area contributed by atoms with Gasteiger partial charge in [-0.25, -0.2) is 0 Å². The van der Waals surface area contributed by atoms with E-state index in [0.717, 1.165) is 0 Å². The number of esters is 1. The molecule has 0 bridgehead atoms. The highest BCUT2D eigenvalue weighted by Crippen LogP contribution is 2.30. The fraction of sp³-hybridized carbons (Fsp3) is 0.929. The summed E-state index contributed by atoms with van der Waals surface area (Å²) in [5, 5.41) is 9.86. The van der Waals surface area contributed by atoms with E-state index in [1.54, 1.807) is 27.7 Å². The summed E-state index contributed by atoms with van der Waals surface area (Å²) in [6, 6.07) is 0. The molecule has 0 rings (SSSR count). The molecule has 0 aliphatic carbocycles. The first-order chi connectivity index (χ1) is 6.44. The van der Waals surface area contributed by atoms with Crippen LogP contribution in [0.1, 0.15) is 69.7 Å². The second-order valence-electron chi connectivity index (χ2n) is 5.70. The highest BCUT2D eigenvalue weighted by Gasteiger charge is 2.41. The summed E-state index contributed by atoms with van der Waals surface area (Å²) in [6.07, 6.45) is 0.716. The first-order valence-corrected chi connectivity index (χ1v) is 5.40. The molecule has 106 valence electrons. The van der Waals surface area contributed by atoms with E-state index in [-0.39, 0.29) is 20.8 Å². The van der Waals surface area contributed by atoms with E-state index in [4.69, 9.17) is 4.74 Å². The van der Waals surface area contributed by atoms with Gasteiger partial charge >= 0.3 is 5.97 Å². The van der Waals surface area contributed by atoms with Crippen molar-refractivity contribution in [1.82, 2.24) is 0 Å². The Hall–Kier alpha value is -0.570. The molecule has 0 spiro atoms. The molecule has 0 saturated carbocycles. The van der Waals surface area contributed by atoms with Gasteiger partial charge in [-0.3, -0.25) is 4.79 Å². The predicted molar refractivity (Wildman–Crippen MR) is 74.0 cm³/mol. The van der Waals surface area contributed by atoms with Gasteiger partial charge in [0.25, 0.3) is 0 Å². The molecule has 0 saturated heterocycles. The lowest BCUT2D eigenvalue weighted by molar-refractivity contribution is -0.190. The van der Waals surface area contributed by atoms with Crippen molar-refractivity contribution >= 4 is 5.97 Å². The van der Waals surface area contributed by atoms with Gasteiger partial charge in [-0.2, -0.15) is 0 Å². The summed E-state index contributed by atoms with van der Waals surface area (Å²) in [4.78, 5) is 11.8. The average Bonchev–Trinajstić information content (AvgIpc) is 2.01. The van der Waals surface area contributed by atoms with Gasteiger partial charge in [-0.05, 0) is 48.0 Å². The summed E-state index contributed by atoms with van der Waals surface area (Å²) in [5.41, 5.74) is -2.43. The highest BCUT2D eigenvalue weighted by atomic mass is 16.6. The fourth-order valence-corrected chi connectivity index (χ4v) is 0.639. The first kappa shape index (κ1) is 21.7. The van der Waals surface area contributed by atoms with Crippen LogP contribution in [0.3, 0.4) is 0 Å². The topological polar surface area (TPSA) is 46.5 Å². The molecule has 0 aromatic heterocycles. The van der Waals surface area contributed by atoms with Crippen molar-refractivity contribution in [1.29, 1.82) is 0 Å². The van der Waals surface area contributed by atoms with Crippen molar-refractivity contribution < 1.29 is 14.6 Å². The second kappa shape index (κ2) is 6.39. The number of carbonyl (C=O) groups is 1. The number of hydrogen-bond acceptors (Lipinski definition) is 3. The molecule has 0 amide bonds. The van der Waals surface area contributed by atoms with Gasteiger partial charge in [0, 0.05) is 0 Å². The van der Waals surface area contributed by atoms with E-state index in [1.807, 2.05) is 20.8 Å². The van der Waals surface area contributed by atoms with Gasteiger partial charge in [0.05, 0.1) is 11.0 Å². The Labute approximate surface area is 108 Å². The molecule has 0 fully saturated rings. The minimum atomic E-state index is -1.05. The molecule has 3 heteroatoms. The molecule has 0 aromatic carbocycles. The lowest BCUT2D eigenvalue weighted by atomic mass is 9.87. The summed E-state index contributed by atoms with van der Waals surface area (Å²) in [6.45, 7) is 12.3. The third kappa shape index (κ3) is 5.53. The summed E-state index contributed by atoms with van der Waals surface area (Å²) in [5.74, 6) is -0.267. The van der Waals surface area contributed by atoms with Crippen LogP contribution < -0.4 is 0 Å². The summed E-state index contributed by atoms with van der Waals surface area (Å²) >= 11 is 0. The Morgan fingerprint density at radius 3 is 1.65 bits per heavy atom. The van der Waals surface area contributed by atoms with Crippen LogP contribution in [0.2, 0.25) is 0 Å². The van der Waals surface area contributed by atoms with Crippen molar-refractivity contribution in [2.75, 3.05) is 0 Å². The number of carbonyl (C=O) groups excluding carboxylic acids is 1. The molecular weight excluding hydrogens is 216 g/mol. The average molecular weight is 248 g/mol. The van der Waals surface area contributed by atoms with Gasteiger partial charge in [-0.15, -0.1) is 0 Å². The molecule has 0 heterocycles. The minimum Gasteiger partial charge on any atom is -0.456 e. The van der Waals surface area contributed by atoms with Crippen LogP contribution in [0, 0.1) is 5.41 Å².